The molecule has 1 nitrogen and oxygen atoms in total. The van der Waals surface area contributed by atoms with Crippen molar-refractivity contribution >= 4 is 28.3 Å². The van der Waals surface area contributed by atoms with Crippen molar-refractivity contribution < 1.29 is 0 Å². The molecule has 0 radical (unpaired) electrons. The largest absolute Gasteiger partial charge is 0.381 e. The van der Waals surface area contributed by atoms with E-state index in [2.05, 4.69) is 52.2 Å². The van der Waals surface area contributed by atoms with E-state index in [1.54, 1.807) is 0 Å². The van der Waals surface area contributed by atoms with Gasteiger partial charge in [-0.2, -0.15) is 0 Å². The Labute approximate surface area is 137 Å². The second kappa shape index (κ2) is 7.15. The zero-order valence-electron chi connectivity index (χ0n) is 12.3. The predicted molar refractivity (Wildman–Crippen MR) is 95.1 cm³/mol. The van der Waals surface area contributed by atoms with Crippen LogP contribution in [0.5, 0.6) is 0 Å². The highest BCUT2D eigenvalue weighted by molar-refractivity contribution is 14.1. The standard InChI is InChI=1S/C18H26IN/c19-16-11-5-7-13-18(16)20-17-12-6-4-10-15(17)14-8-2-1-3-9-14/h5,7,11,13-15,17,20H,1-4,6,8-10,12H2. The summed E-state index contributed by atoms with van der Waals surface area (Å²) < 4.78 is 1.36. The van der Waals surface area contributed by atoms with Crippen LogP contribution in [0.25, 0.3) is 0 Å². The van der Waals surface area contributed by atoms with Crippen molar-refractivity contribution in [3.8, 4) is 0 Å². The number of nitrogens with one attached hydrogen (secondary N) is 1. The number of para-hydroxylation sites is 1. The monoisotopic (exact) mass is 383 g/mol. The van der Waals surface area contributed by atoms with Crippen LogP contribution in [0.2, 0.25) is 0 Å². The third-order valence-corrected chi connectivity index (χ3v) is 6.23. The molecule has 3 rings (SSSR count). The fourth-order valence-corrected chi connectivity index (χ4v) is 4.79. The molecule has 2 aliphatic carbocycles. The predicted octanol–water partition coefficient (Wildman–Crippen LogP) is 5.84. The lowest BCUT2D eigenvalue weighted by molar-refractivity contribution is 0.180. The molecule has 110 valence electrons. The van der Waals surface area contributed by atoms with Gasteiger partial charge in [-0.15, -0.1) is 0 Å². The van der Waals surface area contributed by atoms with Gasteiger partial charge in [0.1, 0.15) is 0 Å². The minimum atomic E-state index is 0.711. The molecular weight excluding hydrogens is 357 g/mol. The van der Waals surface area contributed by atoms with Gasteiger partial charge in [0, 0.05) is 15.3 Å². The zero-order valence-corrected chi connectivity index (χ0v) is 14.4. The lowest BCUT2D eigenvalue weighted by atomic mass is 9.71. The van der Waals surface area contributed by atoms with Crippen LogP contribution in [-0.2, 0) is 0 Å². The molecule has 0 amide bonds. The number of benzene rings is 1. The minimum absolute atomic E-state index is 0.711. The number of rotatable bonds is 3. The average molecular weight is 383 g/mol. The summed E-state index contributed by atoms with van der Waals surface area (Å²) in [4.78, 5) is 0. The SMILES string of the molecule is Ic1ccccc1NC1CCCCC1C1CCCCC1. The fourth-order valence-electron chi connectivity index (χ4n) is 4.24. The van der Waals surface area contributed by atoms with Gasteiger partial charge >= 0.3 is 0 Å². The summed E-state index contributed by atoms with van der Waals surface area (Å²) in [5.74, 6) is 1.91. The molecular formula is C18H26IN. The fraction of sp³-hybridized carbons (Fsp3) is 0.667. The van der Waals surface area contributed by atoms with Gasteiger partial charge in [0.2, 0.25) is 0 Å². The lowest BCUT2D eigenvalue weighted by Crippen LogP contribution is -2.37. The van der Waals surface area contributed by atoms with Gasteiger partial charge in [0.25, 0.3) is 0 Å². The van der Waals surface area contributed by atoms with Crippen molar-refractivity contribution in [2.24, 2.45) is 11.8 Å². The number of halogens is 1. The van der Waals surface area contributed by atoms with Crippen molar-refractivity contribution in [2.45, 2.75) is 63.8 Å². The maximum Gasteiger partial charge on any atom is 0.0478 e. The Kier molecular flexibility index (Phi) is 5.24. The zero-order chi connectivity index (χ0) is 13.8. The Morgan fingerprint density at radius 3 is 2.35 bits per heavy atom. The summed E-state index contributed by atoms with van der Waals surface area (Å²) in [6.07, 6.45) is 13.0. The number of anilines is 1. The van der Waals surface area contributed by atoms with Gasteiger partial charge < -0.3 is 5.32 Å². The smallest absolute Gasteiger partial charge is 0.0478 e. The van der Waals surface area contributed by atoms with Gasteiger partial charge in [-0.3, -0.25) is 0 Å². The minimum Gasteiger partial charge on any atom is -0.381 e. The molecule has 2 atom stereocenters. The first-order valence-corrected chi connectivity index (χ1v) is 9.43. The highest BCUT2D eigenvalue weighted by atomic mass is 127. The molecule has 0 aromatic heterocycles. The van der Waals surface area contributed by atoms with E-state index in [0.717, 1.165) is 11.8 Å². The topological polar surface area (TPSA) is 12.0 Å². The molecule has 0 bridgehead atoms. The van der Waals surface area contributed by atoms with Crippen LogP contribution in [0, 0.1) is 15.4 Å². The van der Waals surface area contributed by atoms with Crippen molar-refractivity contribution in [1.29, 1.82) is 0 Å². The third kappa shape index (κ3) is 3.49. The molecule has 2 heteroatoms. The first-order chi connectivity index (χ1) is 9.84. The molecule has 0 spiro atoms. The summed E-state index contributed by atoms with van der Waals surface area (Å²) in [6.45, 7) is 0. The van der Waals surface area contributed by atoms with Gasteiger partial charge in [-0.1, -0.05) is 57.1 Å². The van der Waals surface area contributed by atoms with E-state index in [0.29, 0.717) is 6.04 Å². The highest BCUT2D eigenvalue weighted by Crippen LogP contribution is 2.39. The van der Waals surface area contributed by atoms with Gasteiger partial charge in [0.05, 0.1) is 0 Å². The normalized spacial score (nSPS) is 28.2. The molecule has 0 saturated heterocycles. The third-order valence-electron chi connectivity index (χ3n) is 5.29. The molecule has 1 aromatic rings. The quantitative estimate of drug-likeness (QED) is 0.647. The Morgan fingerprint density at radius 2 is 1.55 bits per heavy atom. The molecule has 2 saturated carbocycles. The summed E-state index contributed by atoms with van der Waals surface area (Å²) in [5, 5.41) is 3.89. The summed E-state index contributed by atoms with van der Waals surface area (Å²) in [7, 11) is 0. The van der Waals surface area contributed by atoms with E-state index in [4.69, 9.17) is 0 Å². The van der Waals surface area contributed by atoms with E-state index in [1.165, 1.54) is 67.0 Å². The Hall–Kier alpha value is -0.250. The Bertz CT molecular complexity index is 425. The van der Waals surface area contributed by atoms with E-state index in [-0.39, 0.29) is 0 Å². The van der Waals surface area contributed by atoms with Gasteiger partial charge in [-0.05, 0) is 59.4 Å². The van der Waals surface area contributed by atoms with Gasteiger partial charge in [0.15, 0.2) is 0 Å². The van der Waals surface area contributed by atoms with Crippen LogP contribution in [0.3, 0.4) is 0 Å². The van der Waals surface area contributed by atoms with Crippen molar-refractivity contribution in [3.63, 3.8) is 0 Å². The molecule has 0 aliphatic heterocycles. The maximum absolute atomic E-state index is 3.89. The van der Waals surface area contributed by atoms with Crippen molar-refractivity contribution in [1.82, 2.24) is 0 Å². The van der Waals surface area contributed by atoms with Gasteiger partial charge in [-0.25, -0.2) is 0 Å². The van der Waals surface area contributed by atoms with Crippen molar-refractivity contribution in [3.05, 3.63) is 27.8 Å². The first kappa shape index (κ1) is 14.7. The number of hydrogen-bond donors (Lipinski definition) is 1. The summed E-state index contributed by atoms with van der Waals surface area (Å²) in [6, 6.07) is 9.45. The first-order valence-electron chi connectivity index (χ1n) is 8.35. The van der Waals surface area contributed by atoms with E-state index >= 15 is 0 Å². The Balaban J connectivity index is 1.70. The van der Waals surface area contributed by atoms with Crippen LogP contribution < -0.4 is 5.32 Å². The molecule has 2 fully saturated rings. The molecule has 0 heterocycles. The van der Waals surface area contributed by atoms with Crippen molar-refractivity contribution in [2.75, 3.05) is 5.32 Å². The second-order valence-corrected chi connectivity index (χ2v) is 7.74. The lowest BCUT2D eigenvalue weighted by Gasteiger charge is -2.40. The molecule has 20 heavy (non-hydrogen) atoms. The number of hydrogen-bond acceptors (Lipinski definition) is 1. The highest BCUT2D eigenvalue weighted by Gasteiger charge is 2.32. The van der Waals surface area contributed by atoms with E-state index in [1.807, 2.05) is 0 Å². The second-order valence-electron chi connectivity index (χ2n) is 6.58. The molecule has 2 unspecified atom stereocenters. The summed E-state index contributed by atoms with van der Waals surface area (Å²) >= 11 is 2.46. The Morgan fingerprint density at radius 1 is 0.850 bits per heavy atom. The van der Waals surface area contributed by atoms with Crippen LogP contribution in [-0.4, -0.2) is 6.04 Å². The maximum atomic E-state index is 3.89. The van der Waals surface area contributed by atoms with E-state index < -0.39 is 0 Å². The van der Waals surface area contributed by atoms with Crippen LogP contribution in [0.15, 0.2) is 24.3 Å². The molecule has 1 aromatic carbocycles. The summed E-state index contributed by atoms with van der Waals surface area (Å²) in [5.41, 5.74) is 1.35. The van der Waals surface area contributed by atoms with Crippen LogP contribution in [0.4, 0.5) is 5.69 Å². The average Bonchev–Trinajstić information content (AvgIpc) is 2.51. The van der Waals surface area contributed by atoms with E-state index in [9.17, 15) is 0 Å². The van der Waals surface area contributed by atoms with Crippen LogP contribution in [0.1, 0.15) is 57.8 Å². The molecule has 2 aliphatic rings. The molecule has 1 N–H and O–H groups in total. The van der Waals surface area contributed by atoms with Crippen LogP contribution >= 0.6 is 22.6 Å².